The van der Waals surface area contributed by atoms with Crippen molar-refractivity contribution < 1.29 is 18.0 Å². The molecular formula is C19H17F3N4O. The zero-order valence-corrected chi connectivity index (χ0v) is 14.3. The lowest BCUT2D eigenvalue weighted by atomic mass is 9.94. The zero-order valence-electron chi connectivity index (χ0n) is 14.3. The second-order valence-electron chi connectivity index (χ2n) is 6.68. The van der Waals surface area contributed by atoms with Gasteiger partial charge in [0.25, 0.3) is 5.91 Å². The number of H-pyrrole nitrogens is 1. The van der Waals surface area contributed by atoms with Gasteiger partial charge in [-0.15, -0.1) is 0 Å². The Hall–Kier alpha value is -2.90. The molecule has 0 aromatic carbocycles. The summed E-state index contributed by atoms with van der Waals surface area (Å²) in [5.41, 5.74) is 1.34. The molecule has 4 heterocycles. The van der Waals surface area contributed by atoms with E-state index in [-0.39, 0.29) is 17.3 Å². The van der Waals surface area contributed by atoms with Gasteiger partial charge in [-0.25, -0.2) is 4.98 Å². The summed E-state index contributed by atoms with van der Waals surface area (Å²) in [6.45, 7) is 1.18. The minimum atomic E-state index is -4.47. The maximum absolute atomic E-state index is 12.9. The van der Waals surface area contributed by atoms with Crippen LogP contribution < -0.4 is 0 Å². The van der Waals surface area contributed by atoms with Crippen molar-refractivity contribution in [3.05, 3.63) is 59.7 Å². The number of carbonyl (C=O) groups is 1. The van der Waals surface area contributed by atoms with E-state index in [1.807, 2.05) is 0 Å². The molecular weight excluding hydrogens is 357 g/mol. The Labute approximate surface area is 153 Å². The number of rotatable bonds is 2. The predicted octanol–water partition coefficient (Wildman–Crippen LogP) is 4.00. The van der Waals surface area contributed by atoms with Gasteiger partial charge in [0, 0.05) is 42.7 Å². The highest BCUT2D eigenvalue weighted by Crippen LogP contribution is 2.32. The minimum Gasteiger partial charge on any atom is -0.357 e. The lowest BCUT2D eigenvalue weighted by Gasteiger charge is -2.32. The molecule has 1 unspecified atom stereocenters. The van der Waals surface area contributed by atoms with Crippen LogP contribution >= 0.6 is 0 Å². The molecule has 5 nitrogen and oxygen atoms in total. The van der Waals surface area contributed by atoms with Crippen LogP contribution in [0.15, 0.2) is 42.7 Å². The zero-order chi connectivity index (χ0) is 19.0. The molecule has 1 aliphatic heterocycles. The molecule has 8 heteroatoms. The average Bonchev–Trinajstić information content (AvgIpc) is 3.11. The second kappa shape index (κ2) is 6.68. The summed E-state index contributed by atoms with van der Waals surface area (Å²) in [6.07, 6.45) is 0.383. The van der Waals surface area contributed by atoms with Gasteiger partial charge in [-0.2, -0.15) is 13.2 Å². The van der Waals surface area contributed by atoms with E-state index in [0.29, 0.717) is 24.2 Å². The molecule has 1 aliphatic rings. The molecule has 0 aliphatic carbocycles. The van der Waals surface area contributed by atoms with Gasteiger partial charge in [0.2, 0.25) is 0 Å². The number of hydrogen-bond donors (Lipinski definition) is 1. The molecule has 140 valence electrons. The maximum Gasteiger partial charge on any atom is 0.433 e. The summed E-state index contributed by atoms with van der Waals surface area (Å²) in [7, 11) is 0. The standard InChI is InChI=1S/C19H17F3N4O/c20-19(21,22)17-4-3-14-16(25-17)10-15(24-14)13-2-1-9-26(11-13)18(27)12-5-7-23-8-6-12/h3-8,10,13,24H,1-2,9,11H2. The molecule has 1 atom stereocenters. The minimum absolute atomic E-state index is 0.0353. The number of hydrogen-bond acceptors (Lipinski definition) is 3. The van der Waals surface area contributed by atoms with E-state index in [0.717, 1.165) is 24.6 Å². The Morgan fingerprint density at radius 1 is 1.19 bits per heavy atom. The molecule has 1 amide bonds. The van der Waals surface area contributed by atoms with Gasteiger partial charge < -0.3 is 9.88 Å². The van der Waals surface area contributed by atoms with Crippen molar-refractivity contribution in [2.24, 2.45) is 0 Å². The third kappa shape index (κ3) is 3.51. The van der Waals surface area contributed by atoms with Crippen molar-refractivity contribution in [3.8, 4) is 0 Å². The fourth-order valence-electron chi connectivity index (χ4n) is 3.50. The van der Waals surface area contributed by atoms with Crippen molar-refractivity contribution in [1.82, 2.24) is 19.9 Å². The number of fused-ring (bicyclic) bond motifs is 1. The van der Waals surface area contributed by atoms with Crippen LogP contribution in [-0.2, 0) is 6.18 Å². The smallest absolute Gasteiger partial charge is 0.357 e. The van der Waals surface area contributed by atoms with Crippen LogP contribution in [0.1, 0.15) is 40.5 Å². The van der Waals surface area contributed by atoms with Crippen LogP contribution in [0.5, 0.6) is 0 Å². The van der Waals surface area contributed by atoms with E-state index in [2.05, 4.69) is 15.0 Å². The third-order valence-corrected chi connectivity index (χ3v) is 4.86. The molecule has 1 saturated heterocycles. The van der Waals surface area contributed by atoms with Crippen molar-refractivity contribution in [3.63, 3.8) is 0 Å². The van der Waals surface area contributed by atoms with Crippen LogP contribution in [0.3, 0.4) is 0 Å². The number of amides is 1. The monoisotopic (exact) mass is 374 g/mol. The number of likely N-dealkylation sites (tertiary alicyclic amines) is 1. The SMILES string of the molecule is O=C(c1ccncc1)N1CCCC(c2cc3nc(C(F)(F)F)ccc3[nH]2)C1. The van der Waals surface area contributed by atoms with Crippen molar-refractivity contribution >= 4 is 16.9 Å². The lowest BCUT2D eigenvalue weighted by Crippen LogP contribution is -2.39. The lowest BCUT2D eigenvalue weighted by molar-refractivity contribution is -0.140. The Morgan fingerprint density at radius 2 is 1.96 bits per heavy atom. The second-order valence-corrected chi connectivity index (χ2v) is 6.68. The number of piperidine rings is 1. The van der Waals surface area contributed by atoms with E-state index >= 15 is 0 Å². The largest absolute Gasteiger partial charge is 0.433 e. The first kappa shape index (κ1) is 17.5. The van der Waals surface area contributed by atoms with Crippen LogP contribution in [0.4, 0.5) is 13.2 Å². The molecule has 27 heavy (non-hydrogen) atoms. The van der Waals surface area contributed by atoms with E-state index in [1.165, 1.54) is 6.07 Å². The number of halogens is 3. The molecule has 0 bridgehead atoms. The Balaban J connectivity index is 1.57. The molecule has 0 radical (unpaired) electrons. The number of nitrogens with one attached hydrogen (secondary N) is 1. The fourth-order valence-corrected chi connectivity index (χ4v) is 3.50. The summed E-state index contributed by atoms with van der Waals surface area (Å²) in [6, 6.07) is 7.39. The van der Waals surface area contributed by atoms with Crippen LogP contribution in [-0.4, -0.2) is 38.8 Å². The van der Waals surface area contributed by atoms with Crippen molar-refractivity contribution in [1.29, 1.82) is 0 Å². The first-order valence-corrected chi connectivity index (χ1v) is 8.68. The maximum atomic E-state index is 12.9. The number of carbonyl (C=O) groups excluding carboxylic acids is 1. The van der Waals surface area contributed by atoms with Crippen LogP contribution in [0.2, 0.25) is 0 Å². The molecule has 3 aromatic rings. The van der Waals surface area contributed by atoms with Gasteiger partial charge in [-0.1, -0.05) is 0 Å². The molecule has 0 saturated carbocycles. The summed E-state index contributed by atoms with van der Waals surface area (Å²) < 4.78 is 38.6. The average molecular weight is 374 g/mol. The molecule has 4 rings (SSSR count). The molecule has 1 fully saturated rings. The van der Waals surface area contributed by atoms with E-state index < -0.39 is 11.9 Å². The van der Waals surface area contributed by atoms with Gasteiger partial charge in [0.05, 0.1) is 11.0 Å². The van der Waals surface area contributed by atoms with Crippen LogP contribution in [0, 0.1) is 0 Å². The first-order chi connectivity index (χ1) is 12.9. The van der Waals surface area contributed by atoms with E-state index in [4.69, 9.17) is 0 Å². The normalized spacial score (nSPS) is 18.0. The van der Waals surface area contributed by atoms with Gasteiger partial charge in [0.15, 0.2) is 0 Å². The number of nitrogens with zero attached hydrogens (tertiary/aromatic N) is 3. The highest BCUT2D eigenvalue weighted by molar-refractivity contribution is 5.94. The number of aromatic amines is 1. The molecule has 1 N–H and O–H groups in total. The van der Waals surface area contributed by atoms with E-state index in [1.54, 1.807) is 35.5 Å². The number of aromatic nitrogens is 3. The first-order valence-electron chi connectivity index (χ1n) is 8.68. The molecule has 0 spiro atoms. The molecule has 3 aromatic heterocycles. The summed E-state index contributed by atoms with van der Waals surface area (Å²) in [5.74, 6) is -0.0243. The Morgan fingerprint density at radius 3 is 2.70 bits per heavy atom. The van der Waals surface area contributed by atoms with Crippen molar-refractivity contribution in [2.75, 3.05) is 13.1 Å². The highest BCUT2D eigenvalue weighted by Gasteiger charge is 2.33. The fraction of sp³-hybridized carbons (Fsp3) is 0.316. The number of alkyl halides is 3. The third-order valence-electron chi connectivity index (χ3n) is 4.86. The Bertz CT molecular complexity index is 968. The highest BCUT2D eigenvalue weighted by atomic mass is 19.4. The van der Waals surface area contributed by atoms with Gasteiger partial charge in [0.1, 0.15) is 5.69 Å². The summed E-state index contributed by atoms with van der Waals surface area (Å²) in [4.78, 5) is 25.2. The van der Waals surface area contributed by atoms with E-state index in [9.17, 15) is 18.0 Å². The predicted molar refractivity (Wildman–Crippen MR) is 93.2 cm³/mol. The Kier molecular flexibility index (Phi) is 4.33. The van der Waals surface area contributed by atoms with Gasteiger partial charge in [-0.05, 0) is 43.2 Å². The topological polar surface area (TPSA) is 61.9 Å². The van der Waals surface area contributed by atoms with Gasteiger partial charge in [-0.3, -0.25) is 9.78 Å². The van der Waals surface area contributed by atoms with Crippen molar-refractivity contribution in [2.45, 2.75) is 24.9 Å². The quantitative estimate of drug-likeness (QED) is 0.738. The summed E-state index contributed by atoms with van der Waals surface area (Å²) >= 11 is 0. The van der Waals surface area contributed by atoms with Gasteiger partial charge >= 0.3 is 6.18 Å². The van der Waals surface area contributed by atoms with Crippen LogP contribution in [0.25, 0.3) is 11.0 Å². The summed E-state index contributed by atoms with van der Waals surface area (Å²) in [5, 5.41) is 0. The number of pyridine rings is 2.